The van der Waals surface area contributed by atoms with Gasteiger partial charge in [0.15, 0.2) is 0 Å². The quantitative estimate of drug-likeness (QED) is 0.866. The number of furan rings is 1. The maximum atomic E-state index is 12.9. The highest BCUT2D eigenvalue weighted by Crippen LogP contribution is 2.33. The number of likely N-dealkylation sites (tertiary alicyclic amines) is 1. The van der Waals surface area contributed by atoms with Gasteiger partial charge >= 0.3 is 0 Å². The second-order valence-corrected chi connectivity index (χ2v) is 6.06. The Morgan fingerprint density at radius 1 is 1.21 bits per heavy atom. The molecule has 2 aliphatic rings. The van der Waals surface area contributed by atoms with Crippen molar-refractivity contribution in [3.05, 3.63) is 48.4 Å². The first-order chi connectivity index (χ1) is 11.7. The van der Waals surface area contributed by atoms with Crippen molar-refractivity contribution in [2.45, 2.75) is 13.0 Å². The second kappa shape index (κ2) is 6.03. The summed E-state index contributed by atoms with van der Waals surface area (Å²) in [6.07, 6.45) is 1.84. The van der Waals surface area contributed by atoms with Gasteiger partial charge in [-0.05, 0) is 24.3 Å². The number of benzene rings is 1. The van der Waals surface area contributed by atoms with Crippen molar-refractivity contribution < 1.29 is 18.7 Å². The minimum atomic E-state index is -0.321. The maximum absolute atomic E-state index is 12.9. The van der Waals surface area contributed by atoms with E-state index in [0.717, 1.165) is 11.4 Å². The van der Waals surface area contributed by atoms with Crippen molar-refractivity contribution >= 4 is 17.5 Å². The zero-order valence-electron chi connectivity index (χ0n) is 13.2. The van der Waals surface area contributed by atoms with E-state index in [1.807, 2.05) is 30.3 Å². The number of nitrogens with zero attached hydrogens (tertiary/aromatic N) is 2. The molecule has 6 heteroatoms. The van der Waals surface area contributed by atoms with Gasteiger partial charge in [0.2, 0.25) is 11.8 Å². The van der Waals surface area contributed by atoms with Crippen LogP contribution in [0.15, 0.2) is 47.1 Å². The molecular formula is C18H18N2O4. The van der Waals surface area contributed by atoms with E-state index in [-0.39, 0.29) is 24.2 Å². The van der Waals surface area contributed by atoms with Gasteiger partial charge in [0.1, 0.15) is 18.1 Å². The lowest BCUT2D eigenvalue weighted by molar-refractivity contribution is -0.129. The largest absolute Gasteiger partial charge is 0.490 e. The minimum absolute atomic E-state index is 0.00806. The lowest BCUT2D eigenvalue weighted by Gasteiger charge is -2.31. The highest BCUT2D eigenvalue weighted by molar-refractivity contribution is 6.00. The highest BCUT2D eigenvalue weighted by Gasteiger charge is 2.38. The molecule has 4 rings (SSSR count). The Morgan fingerprint density at radius 2 is 2.08 bits per heavy atom. The van der Waals surface area contributed by atoms with Crippen LogP contribution >= 0.6 is 0 Å². The number of hydrogen-bond acceptors (Lipinski definition) is 4. The molecule has 3 heterocycles. The molecule has 2 aliphatic heterocycles. The number of anilines is 1. The van der Waals surface area contributed by atoms with Crippen LogP contribution in [0.3, 0.4) is 0 Å². The molecule has 2 aromatic rings. The van der Waals surface area contributed by atoms with E-state index in [0.29, 0.717) is 32.0 Å². The molecule has 0 saturated carbocycles. The third-order valence-electron chi connectivity index (χ3n) is 4.49. The number of ether oxygens (including phenoxy) is 1. The first-order valence-electron chi connectivity index (χ1n) is 8.06. The average Bonchev–Trinajstić information content (AvgIpc) is 3.24. The predicted octanol–water partition coefficient (Wildman–Crippen LogP) is 2.05. The number of amides is 2. The number of para-hydroxylation sites is 2. The summed E-state index contributed by atoms with van der Waals surface area (Å²) < 4.78 is 10.9. The summed E-state index contributed by atoms with van der Waals surface area (Å²) in [4.78, 5) is 28.6. The van der Waals surface area contributed by atoms with E-state index < -0.39 is 0 Å². The molecule has 124 valence electrons. The molecule has 1 aromatic carbocycles. The fourth-order valence-electron chi connectivity index (χ4n) is 3.30. The van der Waals surface area contributed by atoms with E-state index in [9.17, 15) is 9.59 Å². The van der Waals surface area contributed by atoms with Crippen molar-refractivity contribution in [1.29, 1.82) is 0 Å². The van der Waals surface area contributed by atoms with E-state index in [1.54, 1.807) is 22.1 Å². The Bertz CT molecular complexity index is 756. The molecule has 0 N–H and O–H groups in total. The fraction of sp³-hybridized carbons (Fsp3) is 0.333. The monoisotopic (exact) mass is 326 g/mol. The van der Waals surface area contributed by atoms with Gasteiger partial charge in [0.25, 0.3) is 0 Å². The summed E-state index contributed by atoms with van der Waals surface area (Å²) >= 11 is 0. The van der Waals surface area contributed by atoms with Crippen LogP contribution in [0, 0.1) is 5.92 Å². The van der Waals surface area contributed by atoms with Gasteiger partial charge < -0.3 is 19.0 Å². The summed E-state index contributed by atoms with van der Waals surface area (Å²) in [5.74, 6) is 1.10. The third kappa shape index (κ3) is 2.64. The number of carbonyl (C=O) groups excluding carboxylic acids is 2. The Labute approximate surface area is 139 Å². The van der Waals surface area contributed by atoms with Gasteiger partial charge in [-0.3, -0.25) is 9.59 Å². The minimum Gasteiger partial charge on any atom is -0.490 e. The molecule has 0 bridgehead atoms. The summed E-state index contributed by atoms with van der Waals surface area (Å²) in [7, 11) is 0. The number of fused-ring (bicyclic) bond motifs is 1. The molecule has 1 aromatic heterocycles. The Hall–Kier alpha value is -2.76. The lowest BCUT2D eigenvalue weighted by atomic mass is 10.1. The molecular weight excluding hydrogens is 308 g/mol. The number of hydrogen-bond donors (Lipinski definition) is 0. The molecule has 24 heavy (non-hydrogen) atoms. The van der Waals surface area contributed by atoms with Crippen molar-refractivity contribution in [2.75, 3.05) is 24.6 Å². The molecule has 0 radical (unpaired) electrons. The molecule has 0 aliphatic carbocycles. The van der Waals surface area contributed by atoms with E-state index in [2.05, 4.69) is 0 Å². The molecule has 2 amide bonds. The first kappa shape index (κ1) is 14.8. The van der Waals surface area contributed by atoms with Crippen LogP contribution in [0.4, 0.5) is 5.69 Å². The van der Waals surface area contributed by atoms with Crippen molar-refractivity contribution in [3.63, 3.8) is 0 Å². The summed E-state index contributed by atoms with van der Waals surface area (Å²) in [5, 5.41) is 0. The van der Waals surface area contributed by atoms with E-state index in [4.69, 9.17) is 9.15 Å². The Morgan fingerprint density at radius 3 is 2.92 bits per heavy atom. The van der Waals surface area contributed by atoms with Crippen LogP contribution in [0.25, 0.3) is 0 Å². The van der Waals surface area contributed by atoms with Crippen LogP contribution in [-0.2, 0) is 16.1 Å². The number of carbonyl (C=O) groups is 2. The SMILES string of the molecule is O=C1C[C@H](C(=O)N2CCOc3ccccc32)CN1Cc1ccco1. The smallest absolute Gasteiger partial charge is 0.232 e. The zero-order chi connectivity index (χ0) is 16.5. The molecule has 6 nitrogen and oxygen atoms in total. The number of rotatable bonds is 3. The highest BCUT2D eigenvalue weighted by atomic mass is 16.5. The summed E-state index contributed by atoms with van der Waals surface area (Å²) in [6, 6.07) is 11.1. The van der Waals surface area contributed by atoms with Gasteiger partial charge in [-0.15, -0.1) is 0 Å². The average molecular weight is 326 g/mol. The Balaban J connectivity index is 1.49. The van der Waals surface area contributed by atoms with Crippen molar-refractivity contribution in [1.82, 2.24) is 4.90 Å². The van der Waals surface area contributed by atoms with Crippen LogP contribution in [0.2, 0.25) is 0 Å². The molecule has 0 spiro atoms. The summed E-state index contributed by atoms with van der Waals surface area (Å²) in [6.45, 7) is 1.82. The standard InChI is InChI=1S/C18H18N2O4/c21-17-10-13(11-19(17)12-14-4-3-8-23-14)18(22)20-7-9-24-16-6-2-1-5-15(16)20/h1-6,8,13H,7,9-12H2/t13-/m0/s1. The van der Waals surface area contributed by atoms with Gasteiger partial charge in [-0.25, -0.2) is 0 Å². The fourth-order valence-corrected chi connectivity index (χ4v) is 3.30. The Kier molecular flexibility index (Phi) is 3.72. The van der Waals surface area contributed by atoms with Crippen molar-refractivity contribution in [2.24, 2.45) is 5.92 Å². The second-order valence-electron chi connectivity index (χ2n) is 6.06. The maximum Gasteiger partial charge on any atom is 0.232 e. The van der Waals surface area contributed by atoms with Crippen LogP contribution in [0.1, 0.15) is 12.2 Å². The van der Waals surface area contributed by atoms with Gasteiger partial charge in [0, 0.05) is 13.0 Å². The van der Waals surface area contributed by atoms with Crippen LogP contribution in [0.5, 0.6) is 5.75 Å². The van der Waals surface area contributed by atoms with E-state index >= 15 is 0 Å². The molecule has 1 atom stereocenters. The molecule has 0 unspecified atom stereocenters. The topological polar surface area (TPSA) is 63.0 Å². The normalized spacial score (nSPS) is 20.0. The van der Waals surface area contributed by atoms with Gasteiger partial charge in [-0.2, -0.15) is 0 Å². The van der Waals surface area contributed by atoms with Gasteiger partial charge in [-0.1, -0.05) is 12.1 Å². The molecule has 1 fully saturated rings. The predicted molar refractivity (Wildman–Crippen MR) is 86.5 cm³/mol. The van der Waals surface area contributed by atoms with Crippen LogP contribution in [-0.4, -0.2) is 36.4 Å². The van der Waals surface area contributed by atoms with Crippen LogP contribution < -0.4 is 9.64 Å². The lowest BCUT2D eigenvalue weighted by Crippen LogP contribution is -2.42. The summed E-state index contributed by atoms with van der Waals surface area (Å²) in [5.41, 5.74) is 0.783. The molecule has 1 saturated heterocycles. The first-order valence-corrected chi connectivity index (χ1v) is 8.06. The third-order valence-corrected chi connectivity index (χ3v) is 4.49. The zero-order valence-corrected chi connectivity index (χ0v) is 13.2. The van der Waals surface area contributed by atoms with Crippen molar-refractivity contribution in [3.8, 4) is 5.75 Å². The van der Waals surface area contributed by atoms with E-state index in [1.165, 1.54) is 0 Å². The van der Waals surface area contributed by atoms with Gasteiger partial charge in [0.05, 0.1) is 31.0 Å².